The van der Waals surface area contributed by atoms with Gasteiger partial charge in [0.1, 0.15) is 5.78 Å². The summed E-state index contributed by atoms with van der Waals surface area (Å²) in [5.41, 5.74) is 0. The highest BCUT2D eigenvalue weighted by Gasteiger charge is 2.25. The molecule has 0 spiro atoms. The lowest BCUT2D eigenvalue weighted by Gasteiger charge is -2.28. The summed E-state index contributed by atoms with van der Waals surface area (Å²) in [5, 5.41) is 3.05. The van der Waals surface area contributed by atoms with Gasteiger partial charge in [-0.2, -0.15) is 0 Å². The van der Waals surface area contributed by atoms with Crippen LogP contribution in [0.3, 0.4) is 0 Å². The van der Waals surface area contributed by atoms with E-state index in [1.807, 2.05) is 13.8 Å². The van der Waals surface area contributed by atoms with Crippen molar-refractivity contribution in [2.24, 2.45) is 5.92 Å². The Kier molecular flexibility index (Phi) is 12.5. The Balaban J connectivity index is 0.00000676. The summed E-state index contributed by atoms with van der Waals surface area (Å²) in [5.74, 6) is 0.585. The number of Topliss-reactive ketones (excluding diaryl/α,β-unsaturated/α-hetero) is 1. The second kappa shape index (κ2) is 14.1. The Bertz CT molecular complexity index is 400. The molecule has 1 aliphatic carbocycles. The highest BCUT2D eigenvalue weighted by atomic mass is 16.5. The average molecular weight is 374 g/mol. The Labute approximate surface area is 159 Å². The van der Waals surface area contributed by atoms with Crippen LogP contribution in [0.2, 0.25) is 0 Å². The number of ether oxygens (including phenoxy) is 3. The maximum Gasteiger partial charge on any atom is 0.222 e. The SMILES string of the molecule is CCC(=O)C1CCC(NC(=O)CCOCCOCCOC(C)CC)CC1.[HH]. The molecule has 0 aromatic carbocycles. The minimum absolute atomic E-state index is 0. The van der Waals surface area contributed by atoms with E-state index in [4.69, 9.17) is 14.2 Å². The molecule has 1 N–H and O–H groups in total. The number of carbonyl (C=O) groups excluding carboxylic acids is 2. The third-order valence-electron chi connectivity index (χ3n) is 4.95. The molecule has 1 rings (SSSR count). The maximum atomic E-state index is 11.9. The molecule has 154 valence electrons. The highest BCUT2D eigenvalue weighted by molar-refractivity contribution is 5.80. The van der Waals surface area contributed by atoms with E-state index in [0.717, 1.165) is 32.1 Å². The van der Waals surface area contributed by atoms with Gasteiger partial charge < -0.3 is 19.5 Å². The van der Waals surface area contributed by atoms with Gasteiger partial charge in [0, 0.05) is 26.2 Å². The van der Waals surface area contributed by atoms with Crippen LogP contribution in [0.5, 0.6) is 0 Å². The monoisotopic (exact) mass is 373 g/mol. The molecule has 1 amide bonds. The van der Waals surface area contributed by atoms with Crippen molar-refractivity contribution < 1.29 is 25.2 Å². The van der Waals surface area contributed by atoms with Crippen LogP contribution < -0.4 is 5.32 Å². The molecule has 0 saturated heterocycles. The van der Waals surface area contributed by atoms with Crippen LogP contribution in [0.15, 0.2) is 0 Å². The Hall–Kier alpha value is -0.980. The smallest absolute Gasteiger partial charge is 0.222 e. The van der Waals surface area contributed by atoms with Gasteiger partial charge in [0.2, 0.25) is 5.91 Å². The van der Waals surface area contributed by atoms with E-state index >= 15 is 0 Å². The Morgan fingerprint density at radius 1 is 1.00 bits per heavy atom. The molecule has 0 aromatic rings. The van der Waals surface area contributed by atoms with Gasteiger partial charge in [0.25, 0.3) is 0 Å². The molecule has 1 unspecified atom stereocenters. The van der Waals surface area contributed by atoms with E-state index in [-0.39, 0.29) is 25.4 Å². The Morgan fingerprint density at radius 3 is 2.23 bits per heavy atom. The first-order valence-corrected chi connectivity index (χ1v) is 10.2. The fraction of sp³-hybridized carbons (Fsp3) is 0.900. The van der Waals surface area contributed by atoms with Gasteiger partial charge in [-0.25, -0.2) is 0 Å². The first-order valence-electron chi connectivity index (χ1n) is 10.2. The van der Waals surface area contributed by atoms with Crippen molar-refractivity contribution in [2.45, 2.75) is 77.9 Å². The number of rotatable bonds is 14. The molecule has 1 fully saturated rings. The zero-order valence-electron chi connectivity index (χ0n) is 16.8. The van der Waals surface area contributed by atoms with Crippen LogP contribution in [0.4, 0.5) is 0 Å². The zero-order valence-corrected chi connectivity index (χ0v) is 16.8. The van der Waals surface area contributed by atoms with Gasteiger partial charge in [-0.1, -0.05) is 13.8 Å². The molecule has 0 aromatic heterocycles. The standard InChI is InChI=1S/C20H37NO5.H2/c1-4-16(3)26-15-14-25-13-12-24-11-10-20(23)21-18-8-6-17(7-9-18)19(22)5-2;/h16-18H,4-15H2,1-3H3,(H,21,23);1H. The van der Waals surface area contributed by atoms with Crippen molar-refractivity contribution in [3.05, 3.63) is 0 Å². The van der Waals surface area contributed by atoms with Crippen LogP contribution >= 0.6 is 0 Å². The van der Waals surface area contributed by atoms with Crippen molar-refractivity contribution in [1.29, 1.82) is 0 Å². The third-order valence-corrected chi connectivity index (χ3v) is 4.95. The summed E-state index contributed by atoms with van der Waals surface area (Å²) in [6.07, 6.45) is 5.85. The largest absolute Gasteiger partial charge is 0.379 e. The quantitative estimate of drug-likeness (QED) is 0.474. The van der Waals surface area contributed by atoms with Gasteiger partial charge in [0.15, 0.2) is 0 Å². The van der Waals surface area contributed by atoms with Gasteiger partial charge in [0.05, 0.1) is 39.1 Å². The summed E-state index contributed by atoms with van der Waals surface area (Å²) in [7, 11) is 0. The first kappa shape index (κ1) is 23.1. The van der Waals surface area contributed by atoms with Crippen molar-refractivity contribution in [3.63, 3.8) is 0 Å². The minimum atomic E-state index is 0. The minimum Gasteiger partial charge on any atom is -0.379 e. The molecule has 1 aliphatic rings. The molecule has 6 heteroatoms. The predicted octanol–water partition coefficient (Wildman–Crippen LogP) is 3.12. The number of hydrogen-bond donors (Lipinski definition) is 1. The lowest BCUT2D eigenvalue weighted by molar-refractivity contribution is -0.124. The third kappa shape index (κ3) is 10.2. The zero-order chi connectivity index (χ0) is 19.2. The number of ketones is 1. The second-order valence-electron chi connectivity index (χ2n) is 7.00. The van der Waals surface area contributed by atoms with Crippen molar-refractivity contribution in [3.8, 4) is 0 Å². The van der Waals surface area contributed by atoms with Gasteiger partial charge in [-0.05, 0) is 39.0 Å². The normalized spacial score (nSPS) is 21.3. The lowest BCUT2D eigenvalue weighted by atomic mass is 9.83. The molecule has 0 bridgehead atoms. The van der Waals surface area contributed by atoms with Crippen LogP contribution in [-0.4, -0.2) is 56.9 Å². The molecular weight excluding hydrogens is 334 g/mol. The fourth-order valence-corrected chi connectivity index (χ4v) is 3.06. The maximum absolute atomic E-state index is 11.9. The number of carbonyl (C=O) groups is 2. The summed E-state index contributed by atoms with van der Waals surface area (Å²) >= 11 is 0. The van der Waals surface area contributed by atoms with E-state index in [2.05, 4.69) is 12.2 Å². The van der Waals surface area contributed by atoms with E-state index in [0.29, 0.717) is 51.7 Å². The second-order valence-corrected chi connectivity index (χ2v) is 7.00. The summed E-state index contributed by atoms with van der Waals surface area (Å²) in [6.45, 7) is 8.63. The van der Waals surface area contributed by atoms with E-state index in [1.54, 1.807) is 0 Å². The fourth-order valence-electron chi connectivity index (χ4n) is 3.06. The summed E-state index contributed by atoms with van der Waals surface area (Å²) in [6, 6.07) is 0.206. The summed E-state index contributed by atoms with van der Waals surface area (Å²) in [4.78, 5) is 23.6. The molecule has 6 nitrogen and oxygen atoms in total. The number of nitrogens with one attached hydrogen (secondary N) is 1. The molecule has 26 heavy (non-hydrogen) atoms. The van der Waals surface area contributed by atoms with Gasteiger partial charge >= 0.3 is 0 Å². The number of amides is 1. The van der Waals surface area contributed by atoms with Gasteiger partial charge in [-0.3, -0.25) is 9.59 Å². The van der Waals surface area contributed by atoms with E-state index in [1.165, 1.54) is 0 Å². The molecule has 0 aliphatic heterocycles. The number of hydrogen-bond acceptors (Lipinski definition) is 5. The van der Waals surface area contributed by atoms with Crippen molar-refractivity contribution in [2.75, 3.05) is 33.0 Å². The van der Waals surface area contributed by atoms with Crippen LogP contribution in [0.25, 0.3) is 0 Å². The molecular formula is C20H39NO5. The molecule has 0 radical (unpaired) electrons. The topological polar surface area (TPSA) is 73.9 Å². The molecule has 0 heterocycles. The molecule has 1 saturated carbocycles. The van der Waals surface area contributed by atoms with Crippen molar-refractivity contribution >= 4 is 11.7 Å². The Morgan fingerprint density at radius 2 is 1.62 bits per heavy atom. The van der Waals surface area contributed by atoms with Crippen LogP contribution in [0, 0.1) is 5.92 Å². The molecule has 1 atom stereocenters. The predicted molar refractivity (Wildman–Crippen MR) is 103 cm³/mol. The lowest BCUT2D eigenvalue weighted by Crippen LogP contribution is -2.39. The van der Waals surface area contributed by atoms with Gasteiger partial charge in [-0.15, -0.1) is 0 Å². The average Bonchev–Trinajstić information content (AvgIpc) is 2.66. The summed E-state index contributed by atoms with van der Waals surface area (Å²) < 4.78 is 16.4. The van der Waals surface area contributed by atoms with E-state index in [9.17, 15) is 9.59 Å². The van der Waals surface area contributed by atoms with Crippen LogP contribution in [-0.2, 0) is 23.8 Å². The van der Waals surface area contributed by atoms with Crippen molar-refractivity contribution in [1.82, 2.24) is 5.32 Å². The van der Waals surface area contributed by atoms with E-state index < -0.39 is 0 Å². The first-order chi connectivity index (χ1) is 12.6. The highest BCUT2D eigenvalue weighted by Crippen LogP contribution is 2.25. The van der Waals surface area contributed by atoms with Crippen LogP contribution in [0.1, 0.15) is 67.1 Å².